The molecule has 2 unspecified atom stereocenters. The Bertz CT molecular complexity index is 169. The van der Waals surface area contributed by atoms with Crippen LogP contribution in [-0.4, -0.2) is 11.7 Å². The summed E-state index contributed by atoms with van der Waals surface area (Å²) in [5.74, 6) is 0. The Morgan fingerprint density at radius 1 is 1.50 bits per heavy atom. The predicted octanol–water partition coefficient (Wildman–Crippen LogP) is 1.27. The number of epoxide rings is 1. The van der Waals surface area contributed by atoms with Crippen molar-refractivity contribution in [3.8, 4) is 0 Å². The highest BCUT2D eigenvalue weighted by Crippen LogP contribution is 2.40. The molecule has 8 heavy (non-hydrogen) atoms. The number of fused-ring (bicyclic) bond motifs is 1. The van der Waals surface area contributed by atoms with E-state index in [1.54, 1.807) is 0 Å². The lowest BCUT2D eigenvalue weighted by molar-refractivity contribution is 0.357. The van der Waals surface area contributed by atoms with E-state index in [9.17, 15) is 0 Å². The van der Waals surface area contributed by atoms with Crippen LogP contribution in [0.4, 0.5) is 0 Å². The van der Waals surface area contributed by atoms with Crippen molar-refractivity contribution >= 4 is 0 Å². The fourth-order valence-corrected chi connectivity index (χ4v) is 1.02. The monoisotopic (exact) mass is 108 g/mol. The first-order valence-corrected chi connectivity index (χ1v) is 2.85. The molecule has 1 heterocycles. The van der Waals surface area contributed by atoms with Gasteiger partial charge in [-0.2, -0.15) is 0 Å². The number of hydrogen-bond acceptors (Lipinski definition) is 1. The summed E-state index contributed by atoms with van der Waals surface area (Å²) in [5, 5.41) is 0. The minimum Gasteiger partial charge on any atom is -0.357 e. The van der Waals surface area contributed by atoms with Crippen LogP contribution in [0.25, 0.3) is 0 Å². The van der Waals surface area contributed by atoms with Crippen LogP contribution in [0, 0.1) is 0 Å². The lowest BCUT2D eigenvalue weighted by atomic mass is 10.0. The second-order valence-corrected chi connectivity index (χ2v) is 2.47. The van der Waals surface area contributed by atoms with Crippen molar-refractivity contribution in [3.05, 3.63) is 24.3 Å². The second kappa shape index (κ2) is 1.06. The molecule has 1 aliphatic carbocycles. The van der Waals surface area contributed by atoms with Crippen LogP contribution >= 0.6 is 0 Å². The molecule has 2 rings (SSSR count). The van der Waals surface area contributed by atoms with E-state index in [1.165, 1.54) is 0 Å². The largest absolute Gasteiger partial charge is 0.357 e. The number of rotatable bonds is 0. The third kappa shape index (κ3) is 0.397. The van der Waals surface area contributed by atoms with Crippen molar-refractivity contribution in [2.75, 3.05) is 0 Å². The molecule has 0 amide bonds. The molecular formula is C7H8O. The molecule has 0 saturated carbocycles. The molecule has 0 bridgehead atoms. The molecule has 0 aromatic carbocycles. The minimum absolute atomic E-state index is 0.0781. The SMILES string of the molecule is CC12C=CC=CC1O2. The quantitative estimate of drug-likeness (QED) is 0.426. The molecule has 2 atom stereocenters. The van der Waals surface area contributed by atoms with E-state index in [-0.39, 0.29) is 5.60 Å². The summed E-state index contributed by atoms with van der Waals surface area (Å²) in [4.78, 5) is 0. The fourth-order valence-electron chi connectivity index (χ4n) is 1.02. The fraction of sp³-hybridized carbons (Fsp3) is 0.429. The van der Waals surface area contributed by atoms with Gasteiger partial charge in [0.15, 0.2) is 0 Å². The van der Waals surface area contributed by atoms with Gasteiger partial charge in [-0.25, -0.2) is 0 Å². The average molecular weight is 108 g/mol. The van der Waals surface area contributed by atoms with Crippen LogP contribution in [0.5, 0.6) is 0 Å². The van der Waals surface area contributed by atoms with Gasteiger partial charge in [-0.15, -0.1) is 0 Å². The molecule has 1 saturated heterocycles. The summed E-state index contributed by atoms with van der Waals surface area (Å²) in [6.07, 6.45) is 8.62. The van der Waals surface area contributed by atoms with Gasteiger partial charge in [-0.05, 0) is 6.92 Å². The lowest BCUT2D eigenvalue weighted by Crippen LogP contribution is -2.04. The molecule has 0 aromatic heterocycles. The first-order chi connectivity index (χ1) is 3.81. The maximum atomic E-state index is 5.29. The smallest absolute Gasteiger partial charge is 0.114 e. The van der Waals surface area contributed by atoms with Gasteiger partial charge in [-0.1, -0.05) is 24.3 Å². The molecule has 0 radical (unpaired) electrons. The molecule has 1 aliphatic heterocycles. The Morgan fingerprint density at radius 3 is 2.88 bits per heavy atom. The van der Waals surface area contributed by atoms with Crippen molar-refractivity contribution in [1.29, 1.82) is 0 Å². The van der Waals surface area contributed by atoms with Crippen LogP contribution in [0.1, 0.15) is 6.92 Å². The van der Waals surface area contributed by atoms with Gasteiger partial charge in [0.2, 0.25) is 0 Å². The molecule has 2 aliphatic rings. The molecule has 0 spiro atoms. The van der Waals surface area contributed by atoms with E-state index >= 15 is 0 Å². The lowest BCUT2D eigenvalue weighted by Gasteiger charge is -1.96. The van der Waals surface area contributed by atoms with Crippen molar-refractivity contribution in [2.45, 2.75) is 18.6 Å². The molecule has 1 fully saturated rings. The topological polar surface area (TPSA) is 12.5 Å². The van der Waals surface area contributed by atoms with Crippen molar-refractivity contribution in [2.24, 2.45) is 0 Å². The normalized spacial score (nSPS) is 48.9. The maximum Gasteiger partial charge on any atom is 0.114 e. The molecular weight excluding hydrogens is 100 g/mol. The van der Waals surface area contributed by atoms with E-state index < -0.39 is 0 Å². The second-order valence-electron chi connectivity index (χ2n) is 2.47. The van der Waals surface area contributed by atoms with Gasteiger partial charge >= 0.3 is 0 Å². The van der Waals surface area contributed by atoms with Gasteiger partial charge in [0, 0.05) is 0 Å². The van der Waals surface area contributed by atoms with Crippen LogP contribution in [0.15, 0.2) is 24.3 Å². The Kier molecular flexibility index (Phi) is 0.571. The Balaban J connectivity index is 2.33. The Morgan fingerprint density at radius 2 is 2.38 bits per heavy atom. The zero-order valence-corrected chi connectivity index (χ0v) is 4.79. The number of ether oxygens (including phenoxy) is 1. The summed E-state index contributed by atoms with van der Waals surface area (Å²) in [6, 6.07) is 0. The van der Waals surface area contributed by atoms with E-state index in [2.05, 4.69) is 19.1 Å². The van der Waals surface area contributed by atoms with E-state index in [4.69, 9.17) is 4.74 Å². The highest BCUT2D eigenvalue weighted by Gasteiger charge is 2.49. The minimum atomic E-state index is 0.0781. The molecule has 0 aromatic rings. The van der Waals surface area contributed by atoms with Gasteiger partial charge in [0.25, 0.3) is 0 Å². The third-order valence-electron chi connectivity index (χ3n) is 1.71. The van der Waals surface area contributed by atoms with E-state index in [1.807, 2.05) is 12.2 Å². The summed E-state index contributed by atoms with van der Waals surface area (Å²) in [5.41, 5.74) is 0.0781. The Labute approximate surface area is 48.7 Å². The van der Waals surface area contributed by atoms with E-state index in [0.29, 0.717) is 6.10 Å². The summed E-state index contributed by atoms with van der Waals surface area (Å²) in [7, 11) is 0. The first-order valence-electron chi connectivity index (χ1n) is 2.85. The highest BCUT2D eigenvalue weighted by atomic mass is 16.6. The van der Waals surface area contributed by atoms with Crippen LogP contribution in [-0.2, 0) is 4.74 Å². The maximum absolute atomic E-state index is 5.29. The third-order valence-corrected chi connectivity index (χ3v) is 1.71. The van der Waals surface area contributed by atoms with E-state index in [0.717, 1.165) is 0 Å². The van der Waals surface area contributed by atoms with Crippen LogP contribution in [0.3, 0.4) is 0 Å². The molecule has 0 N–H and O–H groups in total. The van der Waals surface area contributed by atoms with Crippen molar-refractivity contribution in [3.63, 3.8) is 0 Å². The van der Waals surface area contributed by atoms with Gasteiger partial charge < -0.3 is 4.74 Å². The summed E-state index contributed by atoms with van der Waals surface area (Å²) < 4.78 is 5.29. The Hall–Kier alpha value is -0.560. The van der Waals surface area contributed by atoms with Crippen LogP contribution in [0.2, 0.25) is 0 Å². The van der Waals surface area contributed by atoms with Gasteiger partial charge in [-0.3, -0.25) is 0 Å². The highest BCUT2D eigenvalue weighted by molar-refractivity contribution is 5.29. The zero-order valence-electron chi connectivity index (χ0n) is 4.79. The average Bonchev–Trinajstić information content (AvgIpc) is 2.39. The first kappa shape index (κ1) is 4.33. The molecule has 1 nitrogen and oxygen atoms in total. The standard InChI is InChI=1S/C7H8O/c1-7-5-3-2-4-6(7)8-7/h2-6H,1H3. The van der Waals surface area contributed by atoms with Crippen molar-refractivity contribution in [1.82, 2.24) is 0 Å². The van der Waals surface area contributed by atoms with Crippen molar-refractivity contribution < 1.29 is 4.74 Å². The summed E-state index contributed by atoms with van der Waals surface area (Å²) in [6.45, 7) is 2.09. The number of allylic oxidation sites excluding steroid dienone is 2. The molecule has 1 heteroatoms. The number of hydrogen-bond donors (Lipinski definition) is 0. The van der Waals surface area contributed by atoms with Gasteiger partial charge in [0.1, 0.15) is 11.7 Å². The molecule has 42 valence electrons. The predicted molar refractivity (Wildman–Crippen MR) is 31.6 cm³/mol. The van der Waals surface area contributed by atoms with Gasteiger partial charge in [0.05, 0.1) is 0 Å². The van der Waals surface area contributed by atoms with Crippen LogP contribution < -0.4 is 0 Å². The summed E-state index contributed by atoms with van der Waals surface area (Å²) >= 11 is 0. The zero-order chi connectivity index (χ0) is 5.61.